The summed E-state index contributed by atoms with van der Waals surface area (Å²) in [6.07, 6.45) is 0. The van der Waals surface area contributed by atoms with Crippen LogP contribution in [0.15, 0.2) is 29.4 Å². The van der Waals surface area contributed by atoms with Crippen LogP contribution in [0.3, 0.4) is 0 Å². The van der Waals surface area contributed by atoms with Gasteiger partial charge in [-0.05, 0) is 31.3 Å². The Hall–Kier alpha value is -1.62. The lowest BCUT2D eigenvalue weighted by molar-refractivity contribution is 0.771. The van der Waals surface area contributed by atoms with Gasteiger partial charge in [-0.25, -0.2) is 0 Å². The molecular weight excluding hydrogens is 208 g/mol. The minimum absolute atomic E-state index is 0.113. The number of nitrogens with two attached hydrogens (primary N) is 1. The molecule has 0 fully saturated rings. The second kappa shape index (κ2) is 3.86. The first-order valence-electron chi connectivity index (χ1n) is 4.67. The molecule has 78 valence electrons. The lowest BCUT2D eigenvalue weighted by atomic mass is 10.0. The highest BCUT2D eigenvalue weighted by atomic mass is 32.1. The van der Waals surface area contributed by atoms with Crippen LogP contribution in [0.25, 0.3) is 0 Å². The van der Waals surface area contributed by atoms with Gasteiger partial charge in [0.2, 0.25) is 0 Å². The number of benzene rings is 1. The molecule has 1 aliphatic heterocycles. The molecule has 0 saturated heterocycles. The van der Waals surface area contributed by atoms with Gasteiger partial charge in [0.1, 0.15) is 0 Å². The number of hydrogen-bond acceptors (Lipinski definition) is 3. The van der Waals surface area contributed by atoms with E-state index in [1.807, 2.05) is 31.2 Å². The SMILES string of the molecule is CC1NC(=S)NN=C1c1ccc(N)cc1. The largest absolute Gasteiger partial charge is 0.399 e. The van der Waals surface area contributed by atoms with Crippen molar-refractivity contribution in [3.63, 3.8) is 0 Å². The van der Waals surface area contributed by atoms with Crippen LogP contribution >= 0.6 is 12.2 Å². The van der Waals surface area contributed by atoms with Crippen molar-refractivity contribution in [3.8, 4) is 0 Å². The van der Waals surface area contributed by atoms with E-state index in [-0.39, 0.29) is 6.04 Å². The minimum Gasteiger partial charge on any atom is -0.399 e. The normalized spacial score (nSPS) is 20.2. The summed E-state index contributed by atoms with van der Waals surface area (Å²) < 4.78 is 0. The van der Waals surface area contributed by atoms with Crippen LogP contribution in [-0.4, -0.2) is 16.9 Å². The van der Waals surface area contributed by atoms with Gasteiger partial charge in [0.15, 0.2) is 5.11 Å². The molecule has 2 rings (SSSR count). The fourth-order valence-electron chi connectivity index (χ4n) is 1.47. The summed E-state index contributed by atoms with van der Waals surface area (Å²) in [7, 11) is 0. The number of nitrogens with zero attached hydrogens (tertiary/aromatic N) is 1. The van der Waals surface area contributed by atoms with E-state index >= 15 is 0 Å². The zero-order valence-electron chi connectivity index (χ0n) is 8.32. The molecule has 5 heteroatoms. The van der Waals surface area contributed by atoms with Crippen molar-refractivity contribution in [2.45, 2.75) is 13.0 Å². The summed E-state index contributed by atoms with van der Waals surface area (Å²) in [5, 5.41) is 7.87. The molecule has 4 N–H and O–H groups in total. The highest BCUT2D eigenvalue weighted by Gasteiger charge is 2.17. The van der Waals surface area contributed by atoms with Gasteiger partial charge in [-0.3, -0.25) is 5.43 Å². The Balaban J connectivity index is 2.31. The first-order chi connectivity index (χ1) is 7.16. The van der Waals surface area contributed by atoms with Crippen LogP contribution in [0, 0.1) is 0 Å². The summed E-state index contributed by atoms with van der Waals surface area (Å²) >= 11 is 4.96. The van der Waals surface area contributed by atoms with Crippen molar-refractivity contribution in [2.24, 2.45) is 5.10 Å². The lowest BCUT2D eigenvalue weighted by Crippen LogP contribution is -2.48. The Morgan fingerprint density at radius 2 is 2.00 bits per heavy atom. The van der Waals surface area contributed by atoms with Gasteiger partial charge >= 0.3 is 0 Å². The molecule has 1 atom stereocenters. The Bertz CT molecular complexity index is 410. The Morgan fingerprint density at radius 3 is 2.60 bits per heavy atom. The van der Waals surface area contributed by atoms with Gasteiger partial charge in [-0.2, -0.15) is 5.10 Å². The Labute approximate surface area is 93.5 Å². The molecule has 0 aliphatic carbocycles. The van der Waals surface area contributed by atoms with E-state index in [4.69, 9.17) is 18.0 Å². The third-order valence-corrected chi connectivity index (χ3v) is 2.45. The lowest BCUT2D eigenvalue weighted by Gasteiger charge is -2.23. The summed E-state index contributed by atoms with van der Waals surface area (Å²) in [4.78, 5) is 0. The quantitative estimate of drug-likeness (QED) is 0.485. The van der Waals surface area contributed by atoms with E-state index < -0.39 is 0 Å². The van der Waals surface area contributed by atoms with Crippen LogP contribution in [0.1, 0.15) is 12.5 Å². The standard InChI is InChI=1S/C10H12N4S/c1-6-9(13-14-10(15)12-6)7-2-4-8(11)5-3-7/h2-6H,11H2,1H3,(H2,12,14,15). The molecule has 15 heavy (non-hydrogen) atoms. The van der Waals surface area contributed by atoms with Gasteiger partial charge in [0.05, 0.1) is 11.8 Å². The van der Waals surface area contributed by atoms with E-state index in [0.29, 0.717) is 5.11 Å². The van der Waals surface area contributed by atoms with E-state index in [9.17, 15) is 0 Å². The number of nitrogens with one attached hydrogen (secondary N) is 2. The first-order valence-corrected chi connectivity index (χ1v) is 5.07. The third kappa shape index (κ3) is 2.07. The summed E-state index contributed by atoms with van der Waals surface area (Å²) in [5.41, 5.74) is 11.1. The Morgan fingerprint density at radius 1 is 1.33 bits per heavy atom. The number of hydrazone groups is 1. The van der Waals surface area contributed by atoms with Crippen LogP contribution in [0.5, 0.6) is 0 Å². The van der Waals surface area contributed by atoms with E-state index in [1.54, 1.807) is 0 Å². The van der Waals surface area contributed by atoms with Gasteiger partial charge in [-0.1, -0.05) is 12.1 Å². The zero-order valence-corrected chi connectivity index (χ0v) is 9.14. The number of anilines is 1. The molecule has 1 aliphatic rings. The molecule has 0 bridgehead atoms. The third-order valence-electron chi connectivity index (χ3n) is 2.24. The molecule has 0 spiro atoms. The van der Waals surface area contributed by atoms with Crippen molar-refractivity contribution < 1.29 is 0 Å². The molecule has 0 amide bonds. The van der Waals surface area contributed by atoms with Crippen molar-refractivity contribution in [3.05, 3.63) is 29.8 Å². The maximum Gasteiger partial charge on any atom is 0.187 e. The zero-order chi connectivity index (χ0) is 10.8. The topological polar surface area (TPSA) is 62.4 Å². The van der Waals surface area contributed by atoms with Crippen LogP contribution in [0.4, 0.5) is 5.69 Å². The van der Waals surface area contributed by atoms with Crippen LogP contribution in [0.2, 0.25) is 0 Å². The summed E-state index contributed by atoms with van der Waals surface area (Å²) in [6.45, 7) is 2.02. The molecule has 1 aromatic rings. The second-order valence-electron chi connectivity index (χ2n) is 3.43. The monoisotopic (exact) mass is 220 g/mol. The fourth-order valence-corrected chi connectivity index (χ4v) is 1.70. The van der Waals surface area contributed by atoms with Crippen molar-refractivity contribution in [1.82, 2.24) is 10.7 Å². The number of rotatable bonds is 1. The Kier molecular flexibility index (Phi) is 2.55. The van der Waals surface area contributed by atoms with E-state index in [0.717, 1.165) is 17.0 Å². The van der Waals surface area contributed by atoms with Crippen molar-refractivity contribution >= 4 is 28.7 Å². The van der Waals surface area contributed by atoms with Crippen molar-refractivity contribution in [2.75, 3.05) is 5.73 Å². The van der Waals surface area contributed by atoms with Gasteiger partial charge in [-0.15, -0.1) is 0 Å². The predicted octanol–water partition coefficient (Wildman–Crippen LogP) is 0.839. The second-order valence-corrected chi connectivity index (χ2v) is 3.83. The first kappa shape index (κ1) is 9.92. The van der Waals surface area contributed by atoms with Gasteiger partial charge in [0.25, 0.3) is 0 Å². The number of nitrogen functional groups attached to an aromatic ring is 1. The van der Waals surface area contributed by atoms with Crippen LogP contribution < -0.4 is 16.5 Å². The smallest absolute Gasteiger partial charge is 0.187 e. The highest BCUT2D eigenvalue weighted by Crippen LogP contribution is 2.10. The fraction of sp³-hybridized carbons (Fsp3) is 0.200. The molecule has 4 nitrogen and oxygen atoms in total. The van der Waals surface area contributed by atoms with Gasteiger partial charge < -0.3 is 11.1 Å². The molecule has 0 aromatic heterocycles. The van der Waals surface area contributed by atoms with Gasteiger partial charge in [0, 0.05) is 11.3 Å². The maximum atomic E-state index is 5.62. The average molecular weight is 220 g/mol. The van der Waals surface area contributed by atoms with E-state index in [2.05, 4.69) is 15.8 Å². The molecular formula is C10H12N4S. The number of thiocarbonyl (C=S) groups is 1. The molecule has 1 unspecified atom stereocenters. The molecule has 1 aromatic carbocycles. The highest BCUT2D eigenvalue weighted by molar-refractivity contribution is 7.80. The minimum atomic E-state index is 0.113. The molecule has 1 heterocycles. The van der Waals surface area contributed by atoms with Crippen LogP contribution in [-0.2, 0) is 0 Å². The molecule has 0 radical (unpaired) electrons. The summed E-state index contributed by atoms with van der Waals surface area (Å²) in [5.74, 6) is 0. The average Bonchev–Trinajstić information content (AvgIpc) is 2.20. The van der Waals surface area contributed by atoms with Crippen molar-refractivity contribution in [1.29, 1.82) is 0 Å². The number of hydrogen-bond donors (Lipinski definition) is 3. The van der Waals surface area contributed by atoms with E-state index in [1.165, 1.54) is 0 Å². The maximum absolute atomic E-state index is 5.62. The summed E-state index contributed by atoms with van der Waals surface area (Å²) in [6, 6.07) is 7.72. The predicted molar refractivity (Wildman–Crippen MR) is 65.7 cm³/mol. The molecule has 0 saturated carbocycles.